The Bertz CT molecular complexity index is 1690. The number of nitrogens with zero attached hydrogens (tertiary/aromatic N) is 2. The first-order chi connectivity index (χ1) is 22.1. The van der Waals surface area contributed by atoms with Gasteiger partial charge in [0, 0.05) is 35.1 Å². The highest BCUT2D eigenvalue weighted by Gasteiger charge is 2.35. The lowest BCUT2D eigenvalue weighted by Crippen LogP contribution is -2.53. The van der Waals surface area contributed by atoms with Crippen LogP contribution in [0.5, 0.6) is 5.75 Å². The topological polar surface area (TPSA) is 96.0 Å². The minimum absolute atomic E-state index is 0.0187. The second-order valence-electron chi connectivity index (χ2n) is 10.5. The lowest BCUT2D eigenvalue weighted by atomic mass is 10.0. The number of halogens is 2. The van der Waals surface area contributed by atoms with Crippen molar-refractivity contribution in [1.29, 1.82) is 0 Å². The van der Waals surface area contributed by atoms with E-state index in [4.69, 9.17) is 27.9 Å². The quantitative estimate of drug-likeness (QED) is 0.150. The monoisotopic (exact) mass is 681 g/mol. The van der Waals surface area contributed by atoms with Gasteiger partial charge in [0.1, 0.15) is 18.3 Å². The standard InChI is InChI=1S/C35H37Cl2N3O5S/c1-3-22-38-35(42)33(23-26-12-7-5-8-13-26)39(24-30-31(36)16-11-17-32(30)37)34(41)25-40(27-14-9-6-10-15-27)46(43,44)29-20-18-28(19-21-29)45-4-2/h5-21,33H,3-4,22-25H2,1-2H3,(H,38,42)/t33-/m1/s1. The number of benzene rings is 4. The Morgan fingerprint density at radius 2 is 1.43 bits per heavy atom. The summed E-state index contributed by atoms with van der Waals surface area (Å²) in [5, 5.41) is 3.56. The van der Waals surface area contributed by atoms with Crippen LogP contribution < -0.4 is 14.4 Å². The zero-order valence-electron chi connectivity index (χ0n) is 25.7. The molecular formula is C35H37Cl2N3O5S. The number of ether oxygens (including phenoxy) is 1. The zero-order valence-corrected chi connectivity index (χ0v) is 28.1. The van der Waals surface area contributed by atoms with Crippen LogP contribution in [0.1, 0.15) is 31.4 Å². The lowest BCUT2D eigenvalue weighted by Gasteiger charge is -2.34. The summed E-state index contributed by atoms with van der Waals surface area (Å²) in [6.45, 7) is 3.89. The van der Waals surface area contributed by atoms with Gasteiger partial charge in [0.2, 0.25) is 11.8 Å². The maximum atomic E-state index is 14.5. The van der Waals surface area contributed by atoms with Gasteiger partial charge in [0.25, 0.3) is 10.0 Å². The molecule has 8 nitrogen and oxygen atoms in total. The number of rotatable bonds is 15. The van der Waals surface area contributed by atoms with Crippen LogP contribution in [0.15, 0.2) is 108 Å². The summed E-state index contributed by atoms with van der Waals surface area (Å²) < 4.78 is 34.8. The summed E-state index contributed by atoms with van der Waals surface area (Å²) in [6.07, 6.45) is 0.872. The average molecular weight is 683 g/mol. The Morgan fingerprint density at radius 3 is 2.02 bits per heavy atom. The molecule has 4 rings (SSSR count). The molecule has 0 saturated carbocycles. The highest BCUT2D eigenvalue weighted by molar-refractivity contribution is 7.92. The first-order valence-corrected chi connectivity index (χ1v) is 17.2. The van der Waals surface area contributed by atoms with Gasteiger partial charge in [-0.3, -0.25) is 13.9 Å². The summed E-state index contributed by atoms with van der Waals surface area (Å²) >= 11 is 13.1. The second-order valence-corrected chi connectivity index (χ2v) is 13.1. The van der Waals surface area contributed by atoms with Crippen LogP contribution in [-0.4, -0.2) is 50.9 Å². The number of hydrogen-bond acceptors (Lipinski definition) is 5. The Morgan fingerprint density at radius 1 is 0.826 bits per heavy atom. The minimum atomic E-state index is -4.25. The molecule has 0 saturated heterocycles. The fraction of sp³-hybridized carbons (Fsp3) is 0.257. The van der Waals surface area contributed by atoms with Gasteiger partial charge in [0.05, 0.1) is 17.2 Å². The third-order valence-corrected chi connectivity index (χ3v) is 9.75. The Kier molecular flexibility index (Phi) is 12.5. The number of amides is 2. The number of sulfonamides is 1. The summed E-state index contributed by atoms with van der Waals surface area (Å²) in [5.74, 6) is -0.460. The lowest BCUT2D eigenvalue weighted by molar-refractivity contribution is -0.140. The first-order valence-electron chi connectivity index (χ1n) is 15.0. The van der Waals surface area contributed by atoms with E-state index in [0.717, 1.165) is 9.87 Å². The number of carbonyl (C=O) groups excluding carboxylic acids is 2. The molecule has 0 spiro atoms. The fourth-order valence-corrected chi connectivity index (χ4v) is 6.83. The molecule has 0 aromatic heterocycles. The normalized spacial score (nSPS) is 11.8. The Balaban J connectivity index is 1.80. The maximum absolute atomic E-state index is 14.5. The van der Waals surface area contributed by atoms with E-state index in [9.17, 15) is 18.0 Å². The van der Waals surface area contributed by atoms with E-state index in [1.165, 1.54) is 17.0 Å². The predicted molar refractivity (Wildman–Crippen MR) is 183 cm³/mol. The summed E-state index contributed by atoms with van der Waals surface area (Å²) in [6, 6.07) is 27.7. The van der Waals surface area contributed by atoms with E-state index in [1.807, 2.05) is 44.2 Å². The number of hydrogen-bond donors (Lipinski definition) is 1. The molecular weight excluding hydrogens is 645 g/mol. The van der Waals surface area contributed by atoms with Crippen LogP contribution in [-0.2, 0) is 32.6 Å². The fourth-order valence-electron chi connectivity index (χ4n) is 4.90. The van der Waals surface area contributed by atoms with Crippen molar-refractivity contribution in [3.8, 4) is 5.75 Å². The highest BCUT2D eigenvalue weighted by Crippen LogP contribution is 2.29. The van der Waals surface area contributed by atoms with Crippen molar-refractivity contribution < 1.29 is 22.7 Å². The van der Waals surface area contributed by atoms with Gasteiger partial charge in [-0.25, -0.2) is 8.42 Å². The molecule has 4 aromatic rings. The van der Waals surface area contributed by atoms with Crippen LogP contribution in [0.2, 0.25) is 10.0 Å². The van der Waals surface area contributed by atoms with Gasteiger partial charge in [-0.1, -0.05) is 84.7 Å². The van der Waals surface area contributed by atoms with E-state index in [-0.39, 0.29) is 29.5 Å². The molecule has 0 aliphatic carbocycles. The molecule has 0 bridgehead atoms. The van der Waals surface area contributed by atoms with Gasteiger partial charge < -0.3 is 15.0 Å². The number of carbonyl (C=O) groups is 2. The van der Waals surface area contributed by atoms with Crippen LogP contribution in [0.4, 0.5) is 5.69 Å². The van der Waals surface area contributed by atoms with Crippen molar-refractivity contribution in [3.63, 3.8) is 0 Å². The number of anilines is 1. The van der Waals surface area contributed by atoms with E-state index in [0.29, 0.717) is 40.9 Å². The van der Waals surface area contributed by atoms with Crippen LogP contribution in [0.3, 0.4) is 0 Å². The highest BCUT2D eigenvalue weighted by atomic mass is 35.5. The van der Waals surface area contributed by atoms with Gasteiger partial charge in [0.15, 0.2) is 0 Å². The van der Waals surface area contributed by atoms with E-state index >= 15 is 0 Å². The summed E-state index contributed by atoms with van der Waals surface area (Å²) in [5.41, 5.74) is 1.56. The first kappa shape index (κ1) is 34.8. The molecule has 0 radical (unpaired) electrons. The summed E-state index contributed by atoms with van der Waals surface area (Å²) in [4.78, 5) is 29.6. The van der Waals surface area contributed by atoms with Crippen molar-refractivity contribution in [1.82, 2.24) is 10.2 Å². The van der Waals surface area contributed by atoms with E-state index in [2.05, 4.69) is 5.32 Å². The van der Waals surface area contributed by atoms with Gasteiger partial charge in [-0.15, -0.1) is 0 Å². The SMILES string of the molecule is CCCNC(=O)[C@@H](Cc1ccccc1)N(Cc1c(Cl)cccc1Cl)C(=O)CN(c1ccccc1)S(=O)(=O)c1ccc(OCC)cc1. The molecule has 11 heteroatoms. The third-order valence-electron chi connectivity index (χ3n) is 7.26. The molecule has 46 heavy (non-hydrogen) atoms. The van der Waals surface area contributed by atoms with Crippen molar-refractivity contribution >= 4 is 50.7 Å². The molecule has 0 fully saturated rings. The van der Waals surface area contributed by atoms with Gasteiger partial charge in [-0.05, 0) is 67.4 Å². The van der Waals surface area contributed by atoms with E-state index in [1.54, 1.807) is 60.7 Å². The molecule has 1 N–H and O–H groups in total. The molecule has 0 aliphatic heterocycles. The van der Waals surface area contributed by atoms with E-state index < -0.39 is 28.5 Å². The molecule has 0 heterocycles. The molecule has 1 atom stereocenters. The van der Waals surface area contributed by atoms with Crippen molar-refractivity contribution in [2.75, 3.05) is 24.0 Å². The van der Waals surface area contributed by atoms with Crippen molar-refractivity contribution in [2.24, 2.45) is 0 Å². The minimum Gasteiger partial charge on any atom is -0.494 e. The molecule has 4 aromatic carbocycles. The molecule has 242 valence electrons. The predicted octanol–water partition coefficient (Wildman–Crippen LogP) is 6.75. The second kappa shape index (κ2) is 16.5. The Hall–Kier alpha value is -4.05. The molecule has 2 amide bonds. The largest absolute Gasteiger partial charge is 0.494 e. The van der Waals surface area contributed by atoms with Crippen molar-refractivity contribution in [3.05, 3.63) is 124 Å². The number of nitrogens with one attached hydrogen (secondary N) is 1. The zero-order chi connectivity index (χ0) is 33.1. The molecule has 0 aliphatic rings. The third kappa shape index (κ3) is 8.81. The van der Waals surface area contributed by atoms with Crippen LogP contribution in [0.25, 0.3) is 0 Å². The van der Waals surface area contributed by atoms with Crippen LogP contribution >= 0.6 is 23.2 Å². The average Bonchev–Trinajstić information content (AvgIpc) is 3.06. The van der Waals surface area contributed by atoms with Crippen molar-refractivity contribution in [2.45, 2.75) is 44.2 Å². The smallest absolute Gasteiger partial charge is 0.264 e. The Labute approximate surface area is 280 Å². The molecule has 0 unspecified atom stereocenters. The van der Waals surface area contributed by atoms with Gasteiger partial charge in [-0.2, -0.15) is 0 Å². The van der Waals surface area contributed by atoms with Gasteiger partial charge >= 0.3 is 0 Å². The summed E-state index contributed by atoms with van der Waals surface area (Å²) in [7, 11) is -4.25. The van der Waals surface area contributed by atoms with Crippen LogP contribution in [0, 0.1) is 0 Å². The number of para-hydroxylation sites is 1. The maximum Gasteiger partial charge on any atom is 0.264 e.